The van der Waals surface area contributed by atoms with Crippen molar-refractivity contribution in [2.75, 3.05) is 5.73 Å². The quantitative estimate of drug-likeness (QED) is 0.725. The summed E-state index contributed by atoms with van der Waals surface area (Å²) in [5, 5.41) is 8.00. The van der Waals surface area contributed by atoms with Crippen LogP contribution in [0.2, 0.25) is 0 Å². The van der Waals surface area contributed by atoms with Gasteiger partial charge in [0.25, 0.3) is 5.91 Å². The van der Waals surface area contributed by atoms with Gasteiger partial charge < -0.3 is 15.5 Å². The Hall–Kier alpha value is -2.32. The van der Waals surface area contributed by atoms with Crippen LogP contribution in [0.1, 0.15) is 46.3 Å². The van der Waals surface area contributed by atoms with E-state index in [4.69, 9.17) is 15.3 Å². The van der Waals surface area contributed by atoms with Crippen molar-refractivity contribution in [3.63, 3.8) is 0 Å². The predicted octanol–water partition coefficient (Wildman–Crippen LogP) is 1.63. The highest BCUT2D eigenvalue weighted by Crippen LogP contribution is 2.31. The molecule has 7 nitrogen and oxygen atoms in total. The molecule has 1 unspecified atom stereocenters. The lowest BCUT2D eigenvalue weighted by molar-refractivity contribution is 0.0903. The van der Waals surface area contributed by atoms with Crippen LogP contribution in [0.15, 0.2) is 33.6 Å². The van der Waals surface area contributed by atoms with Crippen LogP contribution >= 0.6 is 0 Å². The first kappa shape index (κ1) is 16.5. The van der Waals surface area contributed by atoms with Gasteiger partial charge >= 0.3 is 0 Å². The van der Waals surface area contributed by atoms with Crippen molar-refractivity contribution < 1.29 is 17.6 Å². The number of rotatable bonds is 3. The predicted molar refractivity (Wildman–Crippen MR) is 88.8 cm³/mol. The summed E-state index contributed by atoms with van der Waals surface area (Å²) in [7, 11) is -3.92. The summed E-state index contributed by atoms with van der Waals surface area (Å²) in [6.07, 6.45) is 2.65. The maximum Gasteiger partial charge on any atom is 0.287 e. The number of hydrogen-bond acceptors (Lipinski definition) is 5. The number of amides is 1. The topological polar surface area (TPSA) is 128 Å². The average Bonchev–Trinajstić information content (AvgIpc) is 2.89. The van der Waals surface area contributed by atoms with Crippen LogP contribution in [0.3, 0.4) is 0 Å². The van der Waals surface area contributed by atoms with E-state index in [-0.39, 0.29) is 22.5 Å². The first-order chi connectivity index (χ1) is 11.3. The molecule has 24 heavy (non-hydrogen) atoms. The molecule has 0 saturated heterocycles. The Kier molecular flexibility index (Phi) is 4.10. The van der Waals surface area contributed by atoms with E-state index >= 15 is 0 Å². The van der Waals surface area contributed by atoms with Gasteiger partial charge in [0.1, 0.15) is 10.7 Å². The number of carbonyl (C=O) groups excluding carboxylic acids is 1. The third-order valence-corrected chi connectivity index (χ3v) is 5.21. The van der Waals surface area contributed by atoms with E-state index in [1.165, 1.54) is 6.92 Å². The monoisotopic (exact) mass is 349 g/mol. The van der Waals surface area contributed by atoms with Crippen molar-refractivity contribution in [2.24, 2.45) is 5.14 Å². The molecule has 2 aromatic rings. The van der Waals surface area contributed by atoms with E-state index in [1.54, 1.807) is 6.07 Å². The van der Waals surface area contributed by atoms with Crippen molar-refractivity contribution in [1.82, 2.24) is 5.32 Å². The van der Waals surface area contributed by atoms with E-state index in [0.717, 1.165) is 36.5 Å². The molecule has 0 saturated carbocycles. The Morgan fingerprint density at radius 1 is 1.33 bits per heavy atom. The first-order valence-electron chi connectivity index (χ1n) is 7.58. The van der Waals surface area contributed by atoms with Crippen molar-refractivity contribution in [1.29, 1.82) is 0 Å². The van der Waals surface area contributed by atoms with Crippen molar-refractivity contribution in [3.8, 4) is 0 Å². The molecule has 0 radical (unpaired) electrons. The van der Waals surface area contributed by atoms with E-state index < -0.39 is 15.9 Å². The highest BCUT2D eigenvalue weighted by molar-refractivity contribution is 7.89. The molecule has 0 spiro atoms. The molecule has 1 amide bonds. The Bertz CT molecular complexity index is 902. The highest BCUT2D eigenvalue weighted by atomic mass is 32.2. The summed E-state index contributed by atoms with van der Waals surface area (Å²) in [5.41, 5.74) is 8.65. The molecule has 128 valence electrons. The molecule has 1 heterocycles. The maximum atomic E-state index is 12.4. The normalized spacial score (nSPS) is 17.3. The summed E-state index contributed by atoms with van der Waals surface area (Å²) in [4.78, 5) is 12.2. The minimum Gasteiger partial charge on any atom is -0.455 e. The molecule has 1 aromatic heterocycles. The fourth-order valence-electron chi connectivity index (χ4n) is 3.07. The Morgan fingerprint density at radius 2 is 2.08 bits per heavy atom. The molecule has 3 rings (SSSR count). The second-order valence-corrected chi connectivity index (χ2v) is 7.48. The highest BCUT2D eigenvalue weighted by Gasteiger charge is 2.25. The van der Waals surface area contributed by atoms with Crippen LogP contribution in [0, 0.1) is 6.92 Å². The van der Waals surface area contributed by atoms with Gasteiger partial charge in [-0.15, -0.1) is 0 Å². The van der Waals surface area contributed by atoms with E-state index in [2.05, 4.69) is 5.32 Å². The molecule has 1 aliphatic carbocycles. The van der Waals surface area contributed by atoms with Gasteiger partial charge in [-0.3, -0.25) is 4.79 Å². The smallest absolute Gasteiger partial charge is 0.287 e. The second kappa shape index (κ2) is 5.95. The second-order valence-electron chi connectivity index (χ2n) is 5.95. The molecule has 1 aliphatic rings. The molecule has 0 aliphatic heterocycles. The van der Waals surface area contributed by atoms with Crippen LogP contribution in [-0.4, -0.2) is 14.3 Å². The number of carbonyl (C=O) groups is 1. The number of sulfonamides is 1. The molecule has 5 N–H and O–H groups in total. The Morgan fingerprint density at radius 3 is 2.75 bits per heavy atom. The fourth-order valence-corrected chi connectivity index (χ4v) is 3.79. The lowest BCUT2D eigenvalue weighted by atomic mass is 9.87. The van der Waals surface area contributed by atoms with Gasteiger partial charge in [0.05, 0.1) is 6.04 Å². The summed E-state index contributed by atoms with van der Waals surface area (Å²) < 4.78 is 28.2. The Balaban J connectivity index is 1.84. The van der Waals surface area contributed by atoms with Crippen LogP contribution < -0.4 is 16.2 Å². The Labute approximate surface area is 140 Å². The van der Waals surface area contributed by atoms with Crippen LogP contribution in [0.4, 0.5) is 5.69 Å². The summed E-state index contributed by atoms with van der Waals surface area (Å²) in [6.45, 7) is 1.45. The van der Waals surface area contributed by atoms with Crippen molar-refractivity contribution >= 4 is 21.6 Å². The minimum atomic E-state index is -3.92. The van der Waals surface area contributed by atoms with Crippen molar-refractivity contribution in [2.45, 2.75) is 37.1 Å². The van der Waals surface area contributed by atoms with Gasteiger partial charge in [0.2, 0.25) is 10.0 Å². The zero-order valence-electron chi connectivity index (χ0n) is 13.2. The van der Waals surface area contributed by atoms with Gasteiger partial charge in [-0.05, 0) is 49.4 Å². The van der Waals surface area contributed by atoms with E-state index in [0.29, 0.717) is 5.69 Å². The van der Waals surface area contributed by atoms with Gasteiger partial charge in [-0.2, -0.15) is 0 Å². The summed E-state index contributed by atoms with van der Waals surface area (Å²) in [6, 6.07) is 6.64. The van der Waals surface area contributed by atoms with Crippen LogP contribution in [0.5, 0.6) is 0 Å². The van der Waals surface area contributed by atoms with Gasteiger partial charge in [0, 0.05) is 11.8 Å². The number of primary sulfonamides is 1. The molecule has 8 heteroatoms. The molecular formula is C16H19N3O4S. The third-order valence-electron chi connectivity index (χ3n) is 4.19. The van der Waals surface area contributed by atoms with Crippen LogP contribution in [-0.2, 0) is 16.4 Å². The zero-order valence-corrected chi connectivity index (χ0v) is 14.0. The standard InChI is InChI=1S/C16H19N3O4S/c1-9-15(24(18,21)22)8-14(23-9)16(20)19-13-4-2-3-10-7-11(17)5-6-12(10)13/h5-8,13H,2-4,17H2,1H3,(H,19,20)(H2,18,21,22). The number of nitrogens with two attached hydrogens (primary N) is 2. The molecule has 1 atom stereocenters. The summed E-state index contributed by atoms with van der Waals surface area (Å²) in [5.74, 6) is -0.443. The maximum absolute atomic E-state index is 12.4. The number of anilines is 1. The lowest BCUT2D eigenvalue weighted by Crippen LogP contribution is -2.30. The number of hydrogen-bond donors (Lipinski definition) is 3. The largest absolute Gasteiger partial charge is 0.455 e. The minimum absolute atomic E-state index is 0.0703. The number of aryl methyl sites for hydroxylation is 2. The van der Waals surface area contributed by atoms with Crippen molar-refractivity contribution in [3.05, 3.63) is 46.9 Å². The van der Waals surface area contributed by atoms with E-state index in [9.17, 15) is 13.2 Å². The third kappa shape index (κ3) is 3.15. The van der Waals surface area contributed by atoms with E-state index in [1.807, 2.05) is 12.1 Å². The zero-order chi connectivity index (χ0) is 17.5. The number of nitrogen functional groups attached to an aromatic ring is 1. The fraction of sp³-hybridized carbons (Fsp3) is 0.312. The molecule has 0 bridgehead atoms. The molecular weight excluding hydrogens is 330 g/mol. The number of furan rings is 1. The first-order valence-corrected chi connectivity index (χ1v) is 9.13. The number of fused-ring (bicyclic) bond motifs is 1. The lowest BCUT2D eigenvalue weighted by Gasteiger charge is -2.26. The number of nitrogens with one attached hydrogen (secondary N) is 1. The van der Waals surface area contributed by atoms with Crippen LogP contribution in [0.25, 0.3) is 0 Å². The molecule has 1 aromatic carbocycles. The molecule has 0 fully saturated rings. The average molecular weight is 349 g/mol. The number of benzene rings is 1. The summed E-state index contributed by atoms with van der Waals surface area (Å²) >= 11 is 0. The van der Waals surface area contributed by atoms with Gasteiger partial charge in [0.15, 0.2) is 5.76 Å². The van der Waals surface area contributed by atoms with Gasteiger partial charge in [-0.1, -0.05) is 6.07 Å². The SMILES string of the molecule is Cc1oc(C(=O)NC2CCCc3cc(N)ccc32)cc1S(N)(=O)=O. The van der Waals surface area contributed by atoms with Gasteiger partial charge in [-0.25, -0.2) is 13.6 Å².